The molecule has 0 radical (unpaired) electrons. The van der Waals surface area contributed by atoms with Gasteiger partial charge in [-0.15, -0.1) is 0 Å². The first-order valence-electron chi connectivity index (χ1n) is 6.84. The molecule has 3 heteroatoms. The number of piperazine rings is 1. The molecule has 1 aromatic rings. The van der Waals surface area contributed by atoms with Crippen molar-refractivity contribution in [1.82, 2.24) is 10.2 Å². The van der Waals surface area contributed by atoms with Gasteiger partial charge in [0.05, 0.1) is 6.10 Å². The predicted molar refractivity (Wildman–Crippen MR) is 75.1 cm³/mol. The molecule has 0 unspecified atom stereocenters. The Morgan fingerprint density at radius 1 is 1.28 bits per heavy atom. The summed E-state index contributed by atoms with van der Waals surface area (Å²) in [6.45, 7) is 11.8. The van der Waals surface area contributed by atoms with E-state index < -0.39 is 0 Å². The maximum absolute atomic E-state index is 5.77. The Balaban J connectivity index is 1.99. The summed E-state index contributed by atoms with van der Waals surface area (Å²) in [6.07, 6.45) is 0.239. The molecular formula is C15H24N2O. The topological polar surface area (TPSA) is 24.5 Å². The Hall–Kier alpha value is -1.06. The number of benzene rings is 1. The summed E-state index contributed by atoms with van der Waals surface area (Å²) in [4.78, 5) is 2.49. The van der Waals surface area contributed by atoms with Gasteiger partial charge in [-0.1, -0.05) is 12.1 Å². The van der Waals surface area contributed by atoms with Gasteiger partial charge in [-0.25, -0.2) is 0 Å². The fourth-order valence-corrected chi connectivity index (χ4v) is 2.32. The molecule has 0 amide bonds. The van der Waals surface area contributed by atoms with Crippen LogP contribution in [0, 0.1) is 6.92 Å². The highest BCUT2D eigenvalue weighted by Gasteiger charge is 2.10. The molecule has 1 N–H and O–H groups in total. The minimum absolute atomic E-state index is 0.239. The zero-order valence-electron chi connectivity index (χ0n) is 11.7. The molecule has 0 aliphatic carbocycles. The molecule has 0 aromatic heterocycles. The lowest BCUT2D eigenvalue weighted by Crippen LogP contribution is -2.42. The molecule has 1 aliphatic heterocycles. The fraction of sp³-hybridized carbons (Fsp3) is 0.600. The van der Waals surface area contributed by atoms with Crippen molar-refractivity contribution in [3.8, 4) is 5.75 Å². The van der Waals surface area contributed by atoms with Crippen LogP contribution < -0.4 is 10.1 Å². The van der Waals surface area contributed by atoms with E-state index in [9.17, 15) is 0 Å². The molecule has 1 aliphatic rings. The van der Waals surface area contributed by atoms with Gasteiger partial charge in [0.2, 0.25) is 0 Å². The van der Waals surface area contributed by atoms with Crippen molar-refractivity contribution in [3.05, 3.63) is 29.3 Å². The molecule has 1 fully saturated rings. The van der Waals surface area contributed by atoms with E-state index in [1.54, 1.807) is 0 Å². The molecular weight excluding hydrogens is 224 g/mol. The summed E-state index contributed by atoms with van der Waals surface area (Å²) in [6, 6.07) is 6.54. The molecule has 100 valence electrons. The van der Waals surface area contributed by atoms with Crippen LogP contribution in [0.4, 0.5) is 0 Å². The van der Waals surface area contributed by atoms with Crippen molar-refractivity contribution in [2.75, 3.05) is 26.2 Å². The average molecular weight is 248 g/mol. The molecule has 1 heterocycles. The summed E-state index contributed by atoms with van der Waals surface area (Å²) in [5.74, 6) is 1.01. The Morgan fingerprint density at radius 3 is 2.61 bits per heavy atom. The first-order valence-corrected chi connectivity index (χ1v) is 6.84. The number of hydrogen-bond donors (Lipinski definition) is 1. The van der Waals surface area contributed by atoms with Crippen LogP contribution in [0.3, 0.4) is 0 Å². The quantitative estimate of drug-likeness (QED) is 0.884. The molecule has 1 aromatic carbocycles. The highest BCUT2D eigenvalue weighted by Crippen LogP contribution is 2.21. The van der Waals surface area contributed by atoms with Crippen molar-refractivity contribution < 1.29 is 4.74 Å². The third-order valence-electron chi connectivity index (χ3n) is 3.22. The van der Waals surface area contributed by atoms with Gasteiger partial charge in [-0.05, 0) is 38.0 Å². The molecule has 0 atom stereocenters. The van der Waals surface area contributed by atoms with E-state index in [4.69, 9.17) is 4.74 Å². The lowest BCUT2D eigenvalue weighted by atomic mass is 10.1. The van der Waals surface area contributed by atoms with Crippen molar-refractivity contribution in [2.45, 2.75) is 33.4 Å². The molecule has 1 saturated heterocycles. The van der Waals surface area contributed by atoms with E-state index in [0.29, 0.717) is 0 Å². The standard InChI is InChI=1S/C15H24N2O/c1-12(2)18-15-5-4-14(10-13(15)3)11-17-8-6-16-7-9-17/h4-5,10,12,16H,6-9,11H2,1-3H3. The predicted octanol–water partition coefficient (Wildman–Crippen LogP) is 2.19. The molecule has 3 nitrogen and oxygen atoms in total. The van der Waals surface area contributed by atoms with Crippen LogP contribution in [-0.2, 0) is 6.54 Å². The van der Waals surface area contributed by atoms with Crippen molar-refractivity contribution >= 4 is 0 Å². The first-order chi connectivity index (χ1) is 8.65. The van der Waals surface area contributed by atoms with Crippen LogP contribution in [0.2, 0.25) is 0 Å². The number of aryl methyl sites for hydroxylation is 1. The van der Waals surface area contributed by atoms with E-state index in [1.165, 1.54) is 11.1 Å². The Kier molecular flexibility index (Phi) is 4.61. The van der Waals surface area contributed by atoms with E-state index in [0.717, 1.165) is 38.5 Å². The normalized spacial score (nSPS) is 17.1. The smallest absolute Gasteiger partial charge is 0.122 e. The van der Waals surface area contributed by atoms with E-state index >= 15 is 0 Å². The van der Waals surface area contributed by atoms with Crippen LogP contribution in [0.1, 0.15) is 25.0 Å². The van der Waals surface area contributed by atoms with Gasteiger partial charge in [0.1, 0.15) is 5.75 Å². The third-order valence-corrected chi connectivity index (χ3v) is 3.22. The Labute approximate surface area is 110 Å². The first kappa shape index (κ1) is 13.4. The second-order valence-electron chi connectivity index (χ2n) is 5.29. The highest BCUT2D eigenvalue weighted by molar-refractivity contribution is 5.36. The van der Waals surface area contributed by atoms with Gasteiger partial charge in [0, 0.05) is 32.7 Å². The minimum atomic E-state index is 0.239. The Bertz CT molecular complexity index is 384. The second-order valence-corrected chi connectivity index (χ2v) is 5.29. The molecule has 0 bridgehead atoms. The number of ether oxygens (including phenoxy) is 1. The average Bonchev–Trinajstić information content (AvgIpc) is 2.33. The highest BCUT2D eigenvalue weighted by atomic mass is 16.5. The van der Waals surface area contributed by atoms with E-state index in [-0.39, 0.29) is 6.10 Å². The molecule has 18 heavy (non-hydrogen) atoms. The lowest BCUT2D eigenvalue weighted by molar-refractivity contribution is 0.231. The van der Waals surface area contributed by atoms with Gasteiger partial charge < -0.3 is 10.1 Å². The SMILES string of the molecule is Cc1cc(CN2CCNCC2)ccc1OC(C)C. The molecule has 2 rings (SSSR count). The maximum Gasteiger partial charge on any atom is 0.122 e. The largest absolute Gasteiger partial charge is 0.491 e. The maximum atomic E-state index is 5.77. The van der Waals surface area contributed by atoms with E-state index in [1.807, 2.05) is 0 Å². The van der Waals surface area contributed by atoms with Crippen LogP contribution in [-0.4, -0.2) is 37.2 Å². The van der Waals surface area contributed by atoms with E-state index in [2.05, 4.69) is 49.2 Å². The van der Waals surface area contributed by atoms with Crippen LogP contribution in [0.15, 0.2) is 18.2 Å². The van der Waals surface area contributed by atoms with Gasteiger partial charge in [0.25, 0.3) is 0 Å². The zero-order valence-corrected chi connectivity index (χ0v) is 11.7. The number of rotatable bonds is 4. The molecule has 0 spiro atoms. The second kappa shape index (κ2) is 6.21. The Morgan fingerprint density at radius 2 is 2.00 bits per heavy atom. The lowest BCUT2D eigenvalue weighted by Gasteiger charge is -2.27. The van der Waals surface area contributed by atoms with Crippen molar-refractivity contribution in [3.63, 3.8) is 0 Å². The third kappa shape index (κ3) is 3.72. The summed E-state index contributed by atoms with van der Waals surface area (Å²) in [5.41, 5.74) is 2.61. The summed E-state index contributed by atoms with van der Waals surface area (Å²) in [7, 11) is 0. The van der Waals surface area contributed by atoms with Crippen molar-refractivity contribution in [1.29, 1.82) is 0 Å². The summed E-state index contributed by atoms with van der Waals surface area (Å²) >= 11 is 0. The fourth-order valence-electron chi connectivity index (χ4n) is 2.32. The van der Waals surface area contributed by atoms with Gasteiger partial charge >= 0.3 is 0 Å². The summed E-state index contributed by atoms with van der Waals surface area (Å²) < 4.78 is 5.77. The minimum Gasteiger partial charge on any atom is -0.491 e. The van der Waals surface area contributed by atoms with Crippen LogP contribution in [0.25, 0.3) is 0 Å². The van der Waals surface area contributed by atoms with Gasteiger partial charge in [-0.2, -0.15) is 0 Å². The summed E-state index contributed by atoms with van der Waals surface area (Å²) in [5, 5.41) is 3.38. The monoisotopic (exact) mass is 248 g/mol. The van der Waals surface area contributed by atoms with Crippen LogP contribution >= 0.6 is 0 Å². The zero-order chi connectivity index (χ0) is 13.0. The number of nitrogens with zero attached hydrogens (tertiary/aromatic N) is 1. The number of nitrogens with one attached hydrogen (secondary N) is 1. The van der Waals surface area contributed by atoms with Crippen LogP contribution in [0.5, 0.6) is 5.75 Å². The van der Waals surface area contributed by atoms with Gasteiger partial charge in [0.15, 0.2) is 0 Å². The molecule has 0 saturated carbocycles. The number of hydrogen-bond acceptors (Lipinski definition) is 3. The van der Waals surface area contributed by atoms with Crippen molar-refractivity contribution in [2.24, 2.45) is 0 Å². The van der Waals surface area contributed by atoms with Gasteiger partial charge in [-0.3, -0.25) is 4.90 Å².